The maximum atomic E-state index is 13.0. The maximum Gasteiger partial charge on any atom is 0.141 e. The van der Waals surface area contributed by atoms with Crippen molar-refractivity contribution in [2.24, 2.45) is 11.8 Å². The highest BCUT2D eigenvalue weighted by molar-refractivity contribution is 7.13. The summed E-state index contributed by atoms with van der Waals surface area (Å²) in [6.07, 6.45) is 9.24. The van der Waals surface area contributed by atoms with Crippen LogP contribution in [0, 0.1) is 11.8 Å². The number of ketones is 1. The van der Waals surface area contributed by atoms with Crippen molar-refractivity contribution in [3.05, 3.63) is 41.9 Å². The van der Waals surface area contributed by atoms with E-state index in [2.05, 4.69) is 19.9 Å². The summed E-state index contributed by atoms with van der Waals surface area (Å²) in [5, 5.41) is 2.03. The number of carbonyl (C=O) groups excluding carboxylic acids is 1. The highest BCUT2D eigenvalue weighted by Gasteiger charge is 2.31. The lowest BCUT2D eigenvalue weighted by atomic mass is 9.78. The number of fused-ring (bicyclic) bond motifs is 1. The van der Waals surface area contributed by atoms with Crippen LogP contribution in [0.5, 0.6) is 0 Å². The second-order valence-electron chi connectivity index (χ2n) is 8.63. The van der Waals surface area contributed by atoms with Crippen LogP contribution in [-0.2, 0) is 11.2 Å². The van der Waals surface area contributed by atoms with E-state index in [9.17, 15) is 9.18 Å². The molecule has 1 aliphatic heterocycles. The van der Waals surface area contributed by atoms with Crippen LogP contribution in [-0.4, -0.2) is 51.4 Å². The van der Waals surface area contributed by atoms with Gasteiger partial charge in [0, 0.05) is 61.6 Å². The Morgan fingerprint density at radius 3 is 2.60 bits per heavy atom. The Bertz CT molecular complexity index is 1030. The molecule has 0 spiro atoms. The quantitative estimate of drug-likeness (QED) is 0.590. The zero-order valence-electron chi connectivity index (χ0n) is 16.8. The molecule has 0 atom stereocenters. The molecule has 5 rings (SSSR count). The number of hydrogen-bond donors (Lipinski definition) is 0. The van der Waals surface area contributed by atoms with Crippen LogP contribution in [0.1, 0.15) is 31.4 Å². The molecule has 3 aromatic heterocycles. The predicted molar refractivity (Wildman–Crippen MR) is 116 cm³/mol. The van der Waals surface area contributed by atoms with Crippen LogP contribution in [0.4, 0.5) is 4.39 Å². The fourth-order valence-corrected chi connectivity index (χ4v) is 5.26. The van der Waals surface area contributed by atoms with Crippen molar-refractivity contribution in [1.82, 2.24) is 19.9 Å². The zero-order chi connectivity index (χ0) is 20.5. The molecule has 30 heavy (non-hydrogen) atoms. The van der Waals surface area contributed by atoms with E-state index < -0.39 is 6.17 Å². The molecule has 7 heteroatoms. The molecule has 0 radical (unpaired) electrons. The smallest absolute Gasteiger partial charge is 0.141 e. The molecular weight excluding hydrogens is 399 g/mol. The first-order valence-corrected chi connectivity index (χ1v) is 11.5. The number of pyridine rings is 2. The lowest BCUT2D eigenvalue weighted by molar-refractivity contribution is -0.123. The van der Waals surface area contributed by atoms with Crippen LogP contribution in [0.3, 0.4) is 0 Å². The minimum atomic E-state index is -0.633. The third kappa shape index (κ3) is 4.27. The first-order valence-electron chi connectivity index (χ1n) is 10.7. The zero-order valence-corrected chi connectivity index (χ0v) is 17.7. The summed E-state index contributed by atoms with van der Waals surface area (Å²) < 4.78 is 13.0. The van der Waals surface area contributed by atoms with Gasteiger partial charge in [0.1, 0.15) is 12.0 Å². The van der Waals surface area contributed by atoms with E-state index in [1.807, 2.05) is 30.7 Å². The van der Waals surface area contributed by atoms with E-state index in [-0.39, 0.29) is 5.92 Å². The van der Waals surface area contributed by atoms with Crippen LogP contribution in [0.25, 0.3) is 21.3 Å². The van der Waals surface area contributed by atoms with Gasteiger partial charge in [0.2, 0.25) is 0 Å². The topological polar surface area (TPSA) is 59.0 Å². The molecular formula is C23H25FN4OS. The molecule has 2 fully saturated rings. The molecule has 0 aromatic carbocycles. The van der Waals surface area contributed by atoms with Crippen LogP contribution >= 0.6 is 11.3 Å². The van der Waals surface area contributed by atoms with Gasteiger partial charge in [-0.25, -0.2) is 4.39 Å². The van der Waals surface area contributed by atoms with Gasteiger partial charge in [-0.15, -0.1) is 11.3 Å². The van der Waals surface area contributed by atoms with E-state index >= 15 is 0 Å². The number of aromatic nitrogens is 3. The van der Waals surface area contributed by atoms with Gasteiger partial charge in [0.05, 0.1) is 16.1 Å². The Hall–Kier alpha value is -2.25. The summed E-state index contributed by atoms with van der Waals surface area (Å²) in [5.74, 6) is 1.04. The van der Waals surface area contributed by atoms with Crippen molar-refractivity contribution in [2.75, 3.05) is 19.6 Å². The van der Waals surface area contributed by atoms with Crippen molar-refractivity contribution in [2.45, 2.75) is 38.3 Å². The van der Waals surface area contributed by atoms with Gasteiger partial charge in [-0.3, -0.25) is 24.6 Å². The van der Waals surface area contributed by atoms with E-state index in [1.165, 1.54) is 0 Å². The monoisotopic (exact) mass is 424 g/mol. The standard InChI is InChI=1S/C23H25FN4OS/c24-19-12-28(13-19)11-15-1-3-16(4-2-15)22(29)7-20-5-17-6-21(23-10-25-14-30-23)27-9-18(17)8-26-20/h5-6,8-10,14-16,19H,1-4,7,11-13H2. The average Bonchev–Trinajstić information content (AvgIpc) is 3.27. The number of carbonyl (C=O) groups is 1. The summed E-state index contributed by atoms with van der Waals surface area (Å²) in [6.45, 7) is 2.17. The highest BCUT2D eigenvalue weighted by Crippen LogP contribution is 2.32. The number of thiazole rings is 1. The van der Waals surface area contributed by atoms with Crippen molar-refractivity contribution < 1.29 is 9.18 Å². The van der Waals surface area contributed by atoms with Crippen molar-refractivity contribution in [3.63, 3.8) is 0 Å². The number of likely N-dealkylation sites (tertiary alicyclic amines) is 1. The molecule has 0 N–H and O–H groups in total. The molecule has 4 heterocycles. The van der Waals surface area contributed by atoms with Crippen molar-refractivity contribution in [1.29, 1.82) is 0 Å². The van der Waals surface area contributed by atoms with E-state index in [4.69, 9.17) is 0 Å². The molecule has 2 aliphatic rings. The maximum absolute atomic E-state index is 13.0. The van der Waals surface area contributed by atoms with E-state index in [1.54, 1.807) is 16.8 Å². The van der Waals surface area contributed by atoms with Gasteiger partial charge in [-0.05, 0) is 49.1 Å². The van der Waals surface area contributed by atoms with E-state index in [0.29, 0.717) is 31.2 Å². The number of halogens is 1. The Labute approximate surface area is 179 Å². The third-order valence-corrected chi connectivity index (χ3v) is 7.23. The van der Waals surface area contributed by atoms with Gasteiger partial charge in [-0.1, -0.05) is 0 Å². The number of nitrogens with zero attached hydrogens (tertiary/aromatic N) is 4. The number of rotatable bonds is 6. The fraction of sp³-hybridized carbons (Fsp3) is 0.478. The molecule has 1 saturated carbocycles. The summed E-state index contributed by atoms with van der Waals surface area (Å²) >= 11 is 1.56. The lowest BCUT2D eigenvalue weighted by Gasteiger charge is -2.38. The number of alkyl halides is 1. The first-order chi connectivity index (χ1) is 14.6. The van der Waals surface area contributed by atoms with E-state index in [0.717, 1.165) is 59.3 Å². The molecule has 0 bridgehead atoms. The van der Waals surface area contributed by atoms with Gasteiger partial charge >= 0.3 is 0 Å². The summed E-state index contributed by atoms with van der Waals surface area (Å²) in [6, 6.07) is 4.06. The average molecular weight is 425 g/mol. The minimum absolute atomic E-state index is 0.134. The molecule has 1 aliphatic carbocycles. The lowest BCUT2D eigenvalue weighted by Crippen LogP contribution is -2.50. The third-order valence-electron chi connectivity index (χ3n) is 6.43. The Balaban J connectivity index is 1.20. The van der Waals surface area contributed by atoms with Crippen LogP contribution < -0.4 is 0 Å². The SMILES string of the molecule is O=C(Cc1cc2cc(-c3cncs3)ncc2cn1)C1CCC(CN2CC(F)C2)CC1. The van der Waals surface area contributed by atoms with Crippen LogP contribution in [0.15, 0.2) is 36.2 Å². The summed E-state index contributed by atoms with van der Waals surface area (Å²) in [5.41, 5.74) is 3.52. The highest BCUT2D eigenvalue weighted by atomic mass is 32.1. The summed E-state index contributed by atoms with van der Waals surface area (Å²) in [4.78, 5) is 29.2. The van der Waals surface area contributed by atoms with Crippen LogP contribution in [0.2, 0.25) is 0 Å². The second-order valence-corrected chi connectivity index (χ2v) is 9.52. The van der Waals surface area contributed by atoms with Gasteiger partial charge < -0.3 is 0 Å². The molecule has 1 saturated heterocycles. The molecule has 0 unspecified atom stereocenters. The predicted octanol–water partition coefficient (Wildman–Crippen LogP) is 4.33. The van der Waals surface area contributed by atoms with Crippen molar-refractivity contribution >= 4 is 27.9 Å². The van der Waals surface area contributed by atoms with Crippen molar-refractivity contribution in [3.8, 4) is 10.6 Å². The Kier molecular flexibility index (Phi) is 5.56. The molecule has 5 nitrogen and oxygen atoms in total. The largest absolute Gasteiger partial charge is 0.299 e. The van der Waals surface area contributed by atoms with Gasteiger partial charge in [-0.2, -0.15) is 0 Å². The molecule has 3 aromatic rings. The molecule has 0 amide bonds. The minimum Gasteiger partial charge on any atom is -0.299 e. The normalized spacial score (nSPS) is 22.8. The summed E-state index contributed by atoms with van der Waals surface area (Å²) in [7, 11) is 0. The Morgan fingerprint density at radius 2 is 1.87 bits per heavy atom. The number of Topliss-reactive ketones (excluding diaryl/α,β-unsaturated/α-hetero) is 1. The Morgan fingerprint density at radius 1 is 1.07 bits per heavy atom. The van der Waals surface area contributed by atoms with Gasteiger partial charge in [0.15, 0.2) is 0 Å². The number of hydrogen-bond acceptors (Lipinski definition) is 6. The molecule has 156 valence electrons. The fourth-order valence-electron chi connectivity index (χ4n) is 4.67. The second kappa shape index (κ2) is 8.47. The van der Waals surface area contributed by atoms with Gasteiger partial charge in [0.25, 0.3) is 0 Å². The first kappa shape index (κ1) is 19.7.